The fourth-order valence-electron chi connectivity index (χ4n) is 1.37. The van der Waals surface area contributed by atoms with Gasteiger partial charge >= 0.3 is 0 Å². The molecule has 1 heteroatoms. The van der Waals surface area contributed by atoms with E-state index < -0.39 is 0 Å². The van der Waals surface area contributed by atoms with Crippen LogP contribution >= 0.6 is 0 Å². The largest absolute Gasteiger partial charge is 0.303 e. The van der Waals surface area contributed by atoms with E-state index >= 15 is 0 Å². The van der Waals surface area contributed by atoms with Gasteiger partial charge in [-0.25, -0.2) is 0 Å². The molecule has 0 heterocycles. The van der Waals surface area contributed by atoms with E-state index in [-0.39, 0.29) is 0 Å². The zero-order chi connectivity index (χ0) is 5.98. The SMILES string of the molecule is C[C@@H]1CC[C@@H](C=O)C1. The Bertz CT molecular complexity index is 88.4. The van der Waals surface area contributed by atoms with Gasteiger partial charge in [0.2, 0.25) is 0 Å². The van der Waals surface area contributed by atoms with Crippen LogP contribution in [0.25, 0.3) is 0 Å². The predicted octanol–water partition coefficient (Wildman–Crippen LogP) is 1.62. The molecule has 0 saturated heterocycles. The van der Waals surface area contributed by atoms with Crippen LogP contribution in [0.4, 0.5) is 0 Å². The molecule has 0 spiro atoms. The van der Waals surface area contributed by atoms with Gasteiger partial charge in [0.25, 0.3) is 0 Å². The van der Waals surface area contributed by atoms with Gasteiger partial charge in [-0.05, 0) is 18.8 Å². The number of carbonyl (C=O) groups excluding carboxylic acids is 1. The van der Waals surface area contributed by atoms with E-state index in [1.807, 2.05) is 0 Å². The van der Waals surface area contributed by atoms with Crippen LogP contribution in [-0.4, -0.2) is 6.29 Å². The van der Waals surface area contributed by atoms with Gasteiger partial charge in [0.15, 0.2) is 0 Å². The Morgan fingerprint density at radius 2 is 2.25 bits per heavy atom. The molecule has 1 nitrogen and oxygen atoms in total. The average molecular weight is 112 g/mol. The molecule has 1 aliphatic rings. The summed E-state index contributed by atoms with van der Waals surface area (Å²) in [5.41, 5.74) is 0. The fraction of sp³-hybridized carbons (Fsp3) is 0.857. The first kappa shape index (κ1) is 5.80. The van der Waals surface area contributed by atoms with E-state index in [1.165, 1.54) is 6.42 Å². The summed E-state index contributed by atoms with van der Waals surface area (Å²) >= 11 is 0. The average Bonchev–Trinajstić information content (AvgIpc) is 2.14. The Morgan fingerprint density at radius 3 is 2.50 bits per heavy atom. The summed E-state index contributed by atoms with van der Waals surface area (Å²) in [5, 5.41) is 0. The maximum atomic E-state index is 10.2. The molecule has 0 bridgehead atoms. The van der Waals surface area contributed by atoms with Crippen LogP contribution in [-0.2, 0) is 4.79 Å². The summed E-state index contributed by atoms with van der Waals surface area (Å²) in [7, 11) is 0. The van der Waals surface area contributed by atoms with Crippen molar-refractivity contribution < 1.29 is 4.79 Å². The zero-order valence-electron chi connectivity index (χ0n) is 5.26. The third-order valence-electron chi connectivity index (χ3n) is 1.93. The van der Waals surface area contributed by atoms with Crippen molar-refractivity contribution in [3.05, 3.63) is 0 Å². The maximum absolute atomic E-state index is 10.2. The van der Waals surface area contributed by atoms with Crippen LogP contribution in [0, 0.1) is 11.8 Å². The van der Waals surface area contributed by atoms with Crippen molar-refractivity contribution in [2.75, 3.05) is 0 Å². The van der Waals surface area contributed by atoms with Crippen LogP contribution in [0.15, 0.2) is 0 Å². The molecule has 1 saturated carbocycles. The van der Waals surface area contributed by atoms with E-state index in [9.17, 15) is 4.79 Å². The van der Waals surface area contributed by atoms with Crippen LogP contribution in [0.5, 0.6) is 0 Å². The van der Waals surface area contributed by atoms with Crippen LogP contribution < -0.4 is 0 Å². The minimum Gasteiger partial charge on any atom is -0.303 e. The Balaban J connectivity index is 2.32. The Morgan fingerprint density at radius 1 is 1.50 bits per heavy atom. The molecule has 1 rings (SSSR count). The van der Waals surface area contributed by atoms with E-state index in [0.717, 1.165) is 25.0 Å². The normalized spacial score (nSPS) is 37.6. The second kappa shape index (κ2) is 2.29. The number of hydrogen-bond acceptors (Lipinski definition) is 1. The molecular formula is C7H12O. The van der Waals surface area contributed by atoms with Crippen molar-refractivity contribution in [3.8, 4) is 0 Å². The van der Waals surface area contributed by atoms with Gasteiger partial charge in [0, 0.05) is 5.92 Å². The van der Waals surface area contributed by atoms with Crippen molar-refractivity contribution in [1.29, 1.82) is 0 Å². The van der Waals surface area contributed by atoms with Gasteiger partial charge in [-0.3, -0.25) is 0 Å². The zero-order valence-corrected chi connectivity index (χ0v) is 5.26. The van der Waals surface area contributed by atoms with E-state index in [4.69, 9.17) is 0 Å². The van der Waals surface area contributed by atoms with Crippen LogP contribution in [0.1, 0.15) is 26.2 Å². The maximum Gasteiger partial charge on any atom is 0.123 e. The van der Waals surface area contributed by atoms with E-state index in [1.54, 1.807) is 0 Å². The Labute approximate surface area is 50.1 Å². The quantitative estimate of drug-likeness (QED) is 0.471. The molecule has 0 radical (unpaired) electrons. The van der Waals surface area contributed by atoms with Crippen molar-refractivity contribution >= 4 is 6.29 Å². The Hall–Kier alpha value is -0.330. The van der Waals surface area contributed by atoms with Crippen LogP contribution in [0.3, 0.4) is 0 Å². The van der Waals surface area contributed by atoms with Crippen molar-refractivity contribution in [3.63, 3.8) is 0 Å². The third kappa shape index (κ3) is 1.09. The van der Waals surface area contributed by atoms with E-state index in [0.29, 0.717) is 5.92 Å². The minimum absolute atomic E-state index is 0.394. The first-order valence-electron chi connectivity index (χ1n) is 3.28. The van der Waals surface area contributed by atoms with Crippen molar-refractivity contribution in [1.82, 2.24) is 0 Å². The molecule has 8 heavy (non-hydrogen) atoms. The lowest BCUT2D eigenvalue weighted by molar-refractivity contribution is -0.110. The first-order valence-corrected chi connectivity index (χ1v) is 3.28. The second-order valence-corrected chi connectivity index (χ2v) is 2.81. The minimum atomic E-state index is 0.394. The molecule has 2 atom stereocenters. The molecule has 1 aliphatic carbocycles. The molecule has 46 valence electrons. The molecule has 1 fully saturated rings. The fourth-order valence-corrected chi connectivity index (χ4v) is 1.37. The second-order valence-electron chi connectivity index (χ2n) is 2.81. The Kier molecular flexibility index (Phi) is 1.66. The number of carbonyl (C=O) groups is 1. The number of rotatable bonds is 1. The summed E-state index contributed by atoms with van der Waals surface area (Å²) < 4.78 is 0. The number of aldehydes is 1. The first-order chi connectivity index (χ1) is 3.83. The predicted molar refractivity (Wildman–Crippen MR) is 32.6 cm³/mol. The molecule has 0 unspecified atom stereocenters. The molecule has 0 N–H and O–H groups in total. The summed E-state index contributed by atoms with van der Waals surface area (Å²) in [6.45, 7) is 2.21. The molecule has 0 aromatic rings. The smallest absolute Gasteiger partial charge is 0.123 e. The summed E-state index contributed by atoms with van der Waals surface area (Å²) in [5.74, 6) is 1.19. The lowest BCUT2D eigenvalue weighted by atomic mass is 10.1. The summed E-state index contributed by atoms with van der Waals surface area (Å²) in [6, 6.07) is 0. The van der Waals surface area contributed by atoms with Gasteiger partial charge in [-0.1, -0.05) is 13.3 Å². The van der Waals surface area contributed by atoms with Gasteiger partial charge < -0.3 is 4.79 Å². The monoisotopic (exact) mass is 112 g/mol. The van der Waals surface area contributed by atoms with Crippen molar-refractivity contribution in [2.45, 2.75) is 26.2 Å². The van der Waals surface area contributed by atoms with Gasteiger partial charge in [0.1, 0.15) is 6.29 Å². The van der Waals surface area contributed by atoms with Gasteiger partial charge in [-0.15, -0.1) is 0 Å². The topological polar surface area (TPSA) is 17.1 Å². The standard InChI is InChI=1S/C7H12O/c1-6-2-3-7(4-6)5-8/h5-7H,2-4H2,1H3/t6-,7-/m1/s1. The molecule has 0 aliphatic heterocycles. The highest BCUT2D eigenvalue weighted by Gasteiger charge is 2.19. The molecular weight excluding hydrogens is 100 g/mol. The van der Waals surface area contributed by atoms with Crippen LogP contribution in [0.2, 0.25) is 0 Å². The highest BCUT2D eigenvalue weighted by atomic mass is 16.1. The number of hydrogen-bond donors (Lipinski definition) is 0. The molecule has 0 aromatic carbocycles. The molecule has 0 aromatic heterocycles. The molecule has 0 amide bonds. The van der Waals surface area contributed by atoms with Gasteiger partial charge in [0.05, 0.1) is 0 Å². The highest BCUT2D eigenvalue weighted by Crippen LogP contribution is 2.28. The lowest BCUT2D eigenvalue weighted by Crippen LogP contribution is -1.93. The lowest BCUT2D eigenvalue weighted by Gasteiger charge is -1.95. The third-order valence-corrected chi connectivity index (χ3v) is 1.93. The van der Waals surface area contributed by atoms with E-state index in [2.05, 4.69) is 6.92 Å². The highest BCUT2D eigenvalue weighted by molar-refractivity contribution is 5.53. The van der Waals surface area contributed by atoms with Gasteiger partial charge in [-0.2, -0.15) is 0 Å². The summed E-state index contributed by atoms with van der Waals surface area (Å²) in [4.78, 5) is 10.2. The van der Waals surface area contributed by atoms with Crippen molar-refractivity contribution in [2.24, 2.45) is 11.8 Å². The summed E-state index contributed by atoms with van der Waals surface area (Å²) in [6.07, 6.45) is 4.61.